The van der Waals surface area contributed by atoms with Crippen molar-refractivity contribution in [3.8, 4) is 11.5 Å². The lowest BCUT2D eigenvalue weighted by molar-refractivity contribution is -0.122. The molecule has 3 rings (SSSR count). The molecule has 4 amide bonds. The number of hydrogen-bond donors (Lipinski definition) is 1. The second-order valence-electron chi connectivity index (χ2n) is 6.55. The van der Waals surface area contributed by atoms with E-state index in [0.717, 1.165) is 14.9 Å². The summed E-state index contributed by atoms with van der Waals surface area (Å²) in [5.41, 5.74) is 0.703. The molecule has 9 heteroatoms. The van der Waals surface area contributed by atoms with Gasteiger partial charge in [0.25, 0.3) is 11.8 Å². The average Bonchev–Trinajstić information content (AvgIpc) is 2.72. The molecule has 31 heavy (non-hydrogen) atoms. The van der Waals surface area contributed by atoms with Gasteiger partial charge in [-0.2, -0.15) is 0 Å². The molecular formula is C22H20ClIN2O5. The predicted octanol–water partition coefficient (Wildman–Crippen LogP) is 4.80. The van der Waals surface area contributed by atoms with Gasteiger partial charge in [-0.3, -0.25) is 14.9 Å². The van der Waals surface area contributed by atoms with Gasteiger partial charge in [-0.05, 0) is 84.0 Å². The van der Waals surface area contributed by atoms with E-state index < -0.39 is 17.8 Å². The van der Waals surface area contributed by atoms with E-state index >= 15 is 0 Å². The maximum atomic E-state index is 13.0. The van der Waals surface area contributed by atoms with Gasteiger partial charge in [0, 0.05) is 5.02 Å². The Morgan fingerprint density at radius 2 is 1.81 bits per heavy atom. The van der Waals surface area contributed by atoms with Crippen LogP contribution in [0.25, 0.3) is 6.08 Å². The number of rotatable bonds is 7. The third-order valence-electron chi connectivity index (χ3n) is 4.28. The highest BCUT2D eigenvalue weighted by Gasteiger charge is 2.36. The molecule has 2 aromatic rings. The fourth-order valence-corrected chi connectivity index (χ4v) is 3.83. The number of urea groups is 1. The van der Waals surface area contributed by atoms with Gasteiger partial charge in [0.05, 0.1) is 22.5 Å². The van der Waals surface area contributed by atoms with Crippen LogP contribution in [0, 0.1) is 3.57 Å². The lowest BCUT2D eigenvalue weighted by Crippen LogP contribution is -2.54. The van der Waals surface area contributed by atoms with E-state index in [1.165, 1.54) is 18.2 Å². The summed E-state index contributed by atoms with van der Waals surface area (Å²) >= 11 is 8.01. The smallest absolute Gasteiger partial charge is 0.335 e. The molecule has 0 atom stereocenters. The number of halogens is 2. The van der Waals surface area contributed by atoms with Crippen LogP contribution in [0.4, 0.5) is 10.5 Å². The first kappa shape index (κ1) is 23.1. The van der Waals surface area contributed by atoms with Gasteiger partial charge in [0.2, 0.25) is 0 Å². The lowest BCUT2D eigenvalue weighted by Gasteiger charge is -2.26. The second kappa shape index (κ2) is 10.1. The van der Waals surface area contributed by atoms with E-state index in [-0.39, 0.29) is 5.57 Å². The summed E-state index contributed by atoms with van der Waals surface area (Å²) in [4.78, 5) is 38.7. The first-order chi connectivity index (χ1) is 14.8. The number of anilines is 1. The van der Waals surface area contributed by atoms with Gasteiger partial charge in [0.15, 0.2) is 11.5 Å². The van der Waals surface area contributed by atoms with Crippen molar-refractivity contribution in [2.75, 3.05) is 18.1 Å². The van der Waals surface area contributed by atoms with Crippen molar-refractivity contribution >= 4 is 63.8 Å². The highest BCUT2D eigenvalue weighted by Crippen LogP contribution is 2.35. The minimum atomic E-state index is -0.817. The van der Waals surface area contributed by atoms with E-state index in [4.69, 9.17) is 21.1 Å². The standard InChI is InChI=1S/C22H20ClIN2O5/c1-3-9-31-19-17(24)11-13(12-18(19)30-4-2)10-16-20(27)25-22(29)26(21(16)28)15-7-5-14(23)6-8-15/h5-8,10-12H,3-4,9H2,1-2H3,(H,25,27,29)/b16-10+. The highest BCUT2D eigenvalue weighted by molar-refractivity contribution is 14.1. The molecule has 0 aliphatic carbocycles. The van der Waals surface area contributed by atoms with Gasteiger partial charge in [0.1, 0.15) is 5.57 Å². The second-order valence-corrected chi connectivity index (χ2v) is 8.14. The number of carbonyl (C=O) groups is 3. The molecule has 0 bridgehead atoms. The Bertz CT molecular complexity index is 1050. The molecule has 1 aliphatic heterocycles. The Hall–Kier alpha value is -2.59. The zero-order valence-corrected chi connectivity index (χ0v) is 19.8. The first-order valence-electron chi connectivity index (χ1n) is 9.61. The predicted molar refractivity (Wildman–Crippen MR) is 127 cm³/mol. The van der Waals surface area contributed by atoms with Crippen LogP contribution < -0.4 is 19.7 Å². The fourth-order valence-electron chi connectivity index (χ4n) is 2.93. The summed E-state index contributed by atoms with van der Waals surface area (Å²) in [6.45, 7) is 4.83. The normalized spacial score (nSPS) is 15.3. The minimum Gasteiger partial charge on any atom is -0.490 e. The molecule has 0 radical (unpaired) electrons. The van der Waals surface area contributed by atoms with Crippen LogP contribution in [0.3, 0.4) is 0 Å². The molecule has 0 unspecified atom stereocenters. The molecule has 2 aromatic carbocycles. The van der Waals surface area contributed by atoms with Crippen molar-refractivity contribution in [2.24, 2.45) is 0 Å². The van der Waals surface area contributed by atoms with Crippen molar-refractivity contribution in [3.63, 3.8) is 0 Å². The van der Waals surface area contributed by atoms with Gasteiger partial charge >= 0.3 is 6.03 Å². The summed E-state index contributed by atoms with van der Waals surface area (Å²) in [5.74, 6) is -0.359. The Labute approximate surface area is 198 Å². The van der Waals surface area contributed by atoms with Gasteiger partial charge < -0.3 is 9.47 Å². The van der Waals surface area contributed by atoms with Crippen molar-refractivity contribution in [2.45, 2.75) is 20.3 Å². The summed E-state index contributed by atoms with van der Waals surface area (Å²) in [7, 11) is 0. The summed E-state index contributed by atoms with van der Waals surface area (Å²) in [5, 5.41) is 2.67. The van der Waals surface area contributed by atoms with Crippen LogP contribution in [0.1, 0.15) is 25.8 Å². The molecule has 162 valence electrons. The van der Waals surface area contributed by atoms with E-state index in [9.17, 15) is 14.4 Å². The average molecular weight is 555 g/mol. The van der Waals surface area contributed by atoms with Gasteiger partial charge in [-0.1, -0.05) is 18.5 Å². The number of nitrogens with zero attached hydrogens (tertiary/aromatic N) is 1. The number of barbiturate groups is 1. The summed E-state index contributed by atoms with van der Waals surface area (Å²) in [6, 6.07) is 8.85. The largest absolute Gasteiger partial charge is 0.490 e. The van der Waals surface area contributed by atoms with Crippen LogP contribution >= 0.6 is 34.2 Å². The van der Waals surface area contributed by atoms with Crippen LogP contribution in [-0.4, -0.2) is 31.1 Å². The van der Waals surface area contributed by atoms with Crippen molar-refractivity contribution in [3.05, 3.63) is 56.1 Å². The number of amides is 4. The maximum absolute atomic E-state index is 13.0. The SMILES string of the molecule is CCCOc1c(I)cc(/C=C2\C(=O)NC(=O)N(c3ccc(Cl)cc3)C2=O)cc1OCC. The third-order valence-corrected chi connectivity index (χ3v) is 5.33. The van der Waals surface area contributed by atoms with Crippen molar-refractivity contribution < 1.29 is 23.9 Å². The summed E-state index contributed by atoms with van der Waals surface area (Å²) < 4.78 is 12.3. The van der Waals surface area contributed by atoms with E-state index in [1.807, 2.05) is 13.8 Å². The molecule has 1 heterocycles. The van der Waals surface area contributed by atoms with E-state index in [0.29, 0.717) is 41.0 Å². The maximum Gasteiger partial charge on any atom is 0.335 e. The summed E-state index contributed by atoms with van der Waals surface area (Å²) in [6.07, 6.45) is 2.28. The molecule has 1 fully saturated rings. The molecule has 0 aromatic heterocycles. The number of imide groups is 2. The van der Waals surface area contributed by atoms with Gasteiger partial charge in [-0.25, -0.2) is 9.69 Å². The number of nitrogens with one attached hydrogen (secondary N) is 1. The highest BCUT2D eigenvalue weighted by atomic mass is 127. The van der Waals surface area contributed by atoms with Crippen molar-refractivity contribution in [1.82, 2.24) is 5.32 Å². The number of benzene rings is 2. The Kier molecular flexibility index (Phi) is 7.55. The number of ether oxygens (including phenoxy) is 2. The zero-order valence-electron chi connectivity index (χ0n) is 16.9. The molecular weight excluding hydrogens is 535 g/mol. The number of carbonyl (C=O) groups excluding carboxylic acids is 3. The minimum absolute atomic E-state index is 0.171. The van der Waals surface area contributed by atoms with Crippen LogP contribution in [0.15, 0.2) is 42.0 Å². The monoisotopic (exact) mass is 554 g/mol. The van der Waals surface area contributed by atoms with Crippen LogP contribution in [-0.2, 0) is 9.59 Å². The Morgan fingerprint density at radius 1 is 1.10 bits per heavy atom. The molecule has 0 spiro atoms. The molecule has 1 aliphatic rings. The Balaban J connectivity index is 2.00. The van der Waals surface area contributed by atoms with E-state index in [2.05, 4.69) is 27.9 Å². The molecule has 0 saturated carbocycles. The zero-order chi connectivity index (χ0) is 22.5. The lowest BCUT2D eigenvalue weighted by atomic mass is 10.1. The molecule has 1 N–H and O–H groups in total. The first-order valence-corrected chi connectivity index (χ1v) is 11.1. The van der Waals surface area contributed by atoms with Crippen LogP contribution in [0.2, 0.25) is 5.02 Å². The molecule has 1 saturated heterocycles. The topological polar surface area (TPSA) is 84.9 Å². The van der Waals surface area contributed by atoms with Crippen LogP contribution in [0.5, 0.6) is 11.5 Å². The fraction of sp³-hybridized carbons (Fsp3) is 0.227. The third kappa shape index (κ3) is 5.19. The van der Waals surface area contributed by atoms with Crippen molar-refractivity contribution in [1.29, 1.82) is 0 Å². The quantitative estimate of drug-likeness (QED) is 0.302. The Morgan fingerprint density at radius 3 is 2.45 bits per heavy atom. The van der Waals surface area contributed by atoms with E-state index in [1.54, 1.807) is 24.3 Å². The molecule has 7 nitrogen and oxygen atoms in total. The number of hydrogen-bond acceptors (Lipinski definition) is 5. The van der Waals surface area contributed by atoms with Gasteiger partial charge in [-0.15, -0.1) is 0 Å².